The molecule has 0 spiro atoms. The summed E-state index contributed by atoms with van der Waals surface area (Å²) < 4.78 is 12.7. The van der Waals surface area contributed by atoms with E-state index in [1.807, 2.05) is 33.9 Å². The fourth-order valence-electron chi connectivity index (χ4n) is 2.24. The summed E-state index contributed by atoms with van der Waals surface area (Å²) in [5.74, 6) is 0.574. The molecule has 0 aliphatic rings. The van der Waals surface area contributed by atoms with E-state index < -0.39 is 0 Å². The molecule has 0 atom stereocenters. The first-order valence-corrected chi connectivity index (χ1v) is 7.56. The number of carbonyl (C=O) groups excluding carboxylic acids is 1. The van der Waals surface area contributed by atoms with Gasteiger partial charge in [-0.25, -0.2) is 0 Å². The van der Waals surface area contributed by atoms with E-state index in [1.165, 1.54) is 0 Å². The van der Waals surface area contributed by atoms with Crippen LogP contribution in [-0.2, 0) is 11.8 Å². The lowest BCUT2D eigenvalue weighted by Gasteiger charge is -2.12. The van der Waals surface area contributed by atoms with E-state index in [1.54, 1.807) is 22.9 Å². The molecule has 126 valence electrons. The third kappa shape index (κ3) is 3.84. The molecule has 0 aliphatic heterocycles. The van der Waals surface area contributed by atoms with Crippen LogP contribution in [0.15, 0.2) is 18.2 Å². The van der Waals surface area contributed by atoms with Crippen LogP contribution in [0.1, 0.15) is 23.9 Å². The van der Waals surface area contributed by atoms with Crippen molar-refractivity contribution in [2.45, 2.75) is 20.8 Å². The zero-order valence-electron chi connectivity index (χ0n) is 14.2. The van der Waals surface area contributed by atoms with Gasteiger partial charge in [0.1, 0.15) is 0 Å². The summed E-state index contributed by atoms with van der Waals surface area (Å²) in [6.45, 7) is 5.82. The Morgan fingerprint density at radius 2 is 2.08 bits per heavy atom. The molecule has 2 aromatic rings. The van der Waals surface area contributed by atoms with Crippen LogP contribution in [0.2, 0.25) is 0 Å². The van der Waals surface area contributed by atoms with E-state index in [4.69, 9.17) is 14.7 Å². The first-order valence-electron chi connectivity index (χ1n) is 7.56. The van der Waals surface area contributed by atoms with Gasteiger partial charge in [0.25, 0.3) is 5.91 Å². The molecule has 7 heteroatoms. The second kappa shape index (κ2) is 7.51. The molecule has 2 rings (SSSR count). The smallest absolute Gasteiger partial charge is 0.262 e. The fourth-order valence-corrected chi connectivity index (χ4v) is 2.24. The van der Waals surface area contributed by atoms with Crippen molar-refractivity contribution in [3.05, 3.63) is 35.2 Å². The molecule has 7 nitrogen and oxygen atoms in total. The van der Waals surface area contributed by atoms with Gasteiger partial charge < -0.3 is 14.8 Å². The Labute approximate surface area is 140 Å². The topological polar surface area (TPSA) is 89.2 Å². The number of nitrogens with one attached hydrogen (secondary N) is 1. The Bertz CT molecular complexity index is 790. The third-order valence-electron chi connectivity index (χ3n) is 3.50. The molecule has 24 heavy (non-hydrogen) atoms. The number of aromatic nitrogens is 2. The van der Waals surface area contributed by atoms with Gasteiger partial charge in [-0.1, -0.05) is 0 Å². The maximum Gasteiger partial charge on any atom is 0.262 e. The average molecular weight is 328 g/mol. The first-order chi connectivity index (χ1) is 11.5. The van der Waals surface area contributed by atoms with Gasteiger partial charge in [-0.2, -0.15) is 10.4 Å². The lowest BCUT2D eigenvalue weighted by molar-refractivity contribution is -0.118. The summed E-state index contributed by atoms with van der Waals surface area (Å²) in [5, 5.41) is 16.0. The molecule has 0 saturated carbocycles. The van der Waals surface area contributed by atoms with Gasteiger partial charge in [0.15, 0.2) is 18.1 Å². The molecule has 1 heterocycles. The number of hydrogen-bond donors (Lipinski definition) is 1. The molecule has 0 bridgehead atoms. The van der Waals surface area contributed by atoms with E-state index >= 15 is 0 Å². The van der Waals surface area contributed by atoms with Crippen LogP contribution in [0.5, 0.6) is 11.5 Å². The molecule has 1 N–H and O–H groups in total. The standard InChI is InChI=1S/C17H20N4O3/c1-5-23-15-8-13(9-18)6-7-14(15)24-10-16(22)19-17-11(2)20-21(4)12(17)3/h6-8H,5,10H2,1-4H3,(H,19,22). The third-order valence-corrected chi connectivity index (χ3v) is 3.50. The summed E-state index contributed by atoms with van der Waals surface area (Å²) >= 11 is 0. The van der Waals surface area contributed by atoms with Crippen LogP contribution >= 0.6 is 0 Å². The Hall–Kier alpha value is -3.01. The van der Waals surface area contributed by atoms with Crippen LogP contribution in [-0.4, -0.2) is 28.9 Å². The first kappa shape index (κ1) is 17.3. The van der Waals surface area contributed by atoms with E-state index in [9.17, 15) is 4.79 Å². The summed E-state index contributed by atoms with van der Waals surface area (Å²) in [4.78, 5) is 12.1. The lowest BCUT2D eigenvalue weighted by atomic mass is 10.2. The van der Waals surface area contributed by atoms with Gasteiger partial charge in [-0.15, -0.1) is 0 Å². The molecule has 1 amide bonds. The predicted molar refractivity (Wildman–Crippen MR) is 89.1 cm³/mol. The van der Waals surface area contributed by atoms with Gasteiger partial charge >= 0.3 is 0 Å². The largest absolute Gasteiger partial charge is 0.490 e. The van der Waals surface area contributed by atoms with Gasteiger partial charge in [-0.3, -0.25) is 9.48 Å². The Balaban J connectivity index is 2.05. The van der Waals surface area contributed by atoms with E-state index in [2.05, 4.69) is 10.4 Å². The number of nitriles is 1. The summed E-state index contributed by atoms with van der Waals surface area (Å²) in [5.41, 5.74) is 2.78. The summed E-state index contributed by atoms with van der Waals surface area (Å²) in [6, 6.07) is 6.87. The van der Waals surface area contributed by atoms with E-state index in [-0.39, 0.29) is 12.5 Å². The molecular formula is C17H20N4O3. The van der Waals surface area contributed by atoms with E-state index in [0.29, 0.717) is 29.4 Å². The van der Waals surface area contributed by atoms with Crippen molar-refractivity contribution in [2.24, 2.45) is 7.05 Å². The maximum absolute atomic E-state index is 12.1. The van der Waals surface area contributed by atoms with Crippen LogP contribution in [0.3, 0.4) is 0 Å². The number of amides is 1. The predicted octanol–water partition coefficient (Wildman–Crippen LogP) is 2.32. The van der Waals surface area contributed by atoms with Gasteiger partial charge in [0.05, 0.1) is 35.3 Å². The van der Waals surface area contributed by atoms with Crippen LogP contribution in [0.4, 0.5) is 5.69 Å². The number of anilines is 1. The van der Waals surface area contributed by atoms with Crippen molar-refractivity contribution in [2.75, 3.05) is 18.5 Å². The molecule has 0 aliphatic carbocycles. The highest BCUT2D eigenvalue weighted by Gasteiger charge is 2.14. The van der Waals surface area contributed by atoms with E-state index in [0.717, 1.165) is 11.4 Å². The van der Waals surface area contributed by atoms with Crippen LogP contribution in [0, 0.1) is 25.2 Å². The van der Waals surface area contributed by atoms with Crippen molar-refractivity contribution in [3.8, 4) is 17.6 Å². The highest BCUT2D eigenvalue weighted by molar-refractivity contribution is 5.93. The van der Waals surface area contributed by atoms with Crippen molar-refractivity contribution in [3.63, 3.8) is 0 Å². The van der Waals surface area contributed by atoms with Gasteiger partial charge in [0.2, 0.25) is 0 Å². The number of benzene rings is 1. The van der Waals surface area contributed by atoms with Crippen LogP contribution < -0.4 is 14.8 Å². The van der Waals surface area contributed by atoms with Crippen molar-refractivity contribution in [1.82, 2.24) is 9.78 Å². The number of carbonyl (C=O) groups is 1. The monoisotopic (exact) mass is 328 g/mol. The fraction of sp³-hybridized carbons (Fsp3) is 0.353. The number of aryl methyl sites for hydroxylation is 2. The molecule has 0 saturated heterocycles. The second-order valence-corrected chi connectivity index (χ2v) is 5.21. The Kier molecular flexibility index (Phi) is 5.42. The van der Waals surface area contributed by atoms with Gasteiger partial charge in [-0.05, 0) is 32.9 Å². The summed E-state index contributed by atoms with van der Waals surface area (Å²) in [7, 11) is 1.82. The van der Waals surface area contributed by atoms with Crippen molar-refractivity contribution in [1.29, 1.82) is 5.26 Å². The Morgan fingerprint density at radius 3 is 2.67 bits per heavy atom. The number of ether oxygens (including phenoxy) is 2. The number of hydrogen-bond acceptors (Lipinski definition) is 5. The highest BCUT2D eigenvalue weighted by Crippen LogP contribution is 2.28. The molecule has 0 fully saturated rings. The highest BCUT2D eigenvalue weighted by atomic mass is 16.5. The normalized spacial score (nSPS) is 10.1. The Morgan fingerprint density at radius 1 is 1.33 bits per heavy atom. The van der Waals surface area contributed by atoms with Crippen LogP contribution in [0.25, 0.3) is 0 Å². The van der Waals surface area contributed by atoms with Gasteiger partial charge in [0, 0.05) is 13.1 Å². The SMILES string of the molecule is CCOc1cc(C#N)ccc1OCC(=O)Nc1c(C)nn(C)c1C. The average Bonchev–Trinajstić information content (AvgIpc) is 2.80. The number of rotatable bonds is 6. The molecular weight excluding hydrogens is 308 g/mol. The molecule has 0 unspecified atom stereocenters. The summed E-state index contributed by atoms with van der Waals surface area (Å²) in [6.07, 6.45) is 0. The maximum atomic E-state index is 12.1. The second-order valence-electron chi connectivity index (χ2n) is 5.21. The lowest BCUT2D eigenvalue weighted by Crippen LogP contribution is -2.21. The minimum atomic E-state index is -0.291. The minimum Gasteiger partial charge on any atom is -0.490 e. The zero-order valence-corrected chi connectivity index (χ0v) is 14.2. The molecule has 0 radical (unpaired) electrons. The van der Waals surface area contributed by atoms with Crippen molar-refractivity contribution >= 4 is 11.6 Å². The molecule has 1 aromatic heterocycles. The zero-order chi connectivity index (χ0) is 17.7. The molecule has 1 aromatic carbocycles. The van der Waals surface area contributed by atoms with Crippen molar-refractivity contribution < 1.29 is 14.3 Å². The minimum absolute atomic E-state index is 0.167. The quantitative estimate of drug-likeness (QED) is 0.879. The number of nitrogens with zero attached hydrogens (tertiary/aromatic N) is 3.